The molecule has 0 fully saturated rings. The summed E-state index contributed by atoms with van der Waals surface area (Å²) >= 11 is 0. The number of imidazole rings is 1. The maximum Gasteiger partial charge on any atom is 0.203 e. The Kier molecular flexibility index (Phi) is 4.35. The van der Waals surface area contributed by atoms with E-state index in [-0.39, 0.29) is 0 Å². The van der Waals surface area contributed by atoms with E-state index in [1.807, 2.05) is 6.92 Å². The van der Waals surface area contributed by atoms with E-state index in [1.165, 1.54) is 0 Å². The average Bonchev–Trinajstić information content (AvgIpc) is 2.44. The summed E-state index contributed by atoms with van der Waals surface area (Å²) in [5.41, 5.74) is 1.06. The van der Waals surface area contributed by atoms with Gasteiger partial charge in [-0.15, -0.1) is 0 Å². The van der Waals surface area contributed by atoms with Crippen LogP contribution < -0.4 is 5.32 Å². The third-order valence-corrected chi connectivity index (χ3v) is 2.42. The van der Waals surface area contributed by atoms with Gasteiger partial charge in [-0.3, -0.25) is 0 Å². The van der Waals surface area contributed by atoms with Crippen molar-refractivity contribution in [2.45, 2.75) is 39.8 Å². The molecule has 0 aliphatic carbocycles. The van der Waals surface area contributed by atoms with Crippen molar-refractivity contribution in [2.75, 3.05) is 26.0 Å². The fourth-order valence-electron chi connectivity index (χ4n) is 1.83. The number of hydrogen-bond acceptors (Lipinski definition) is 3. The molecule has 1 atom stereocenters. The lowest BCUT2D eigenvalue weighted by molar-refractivity contribution is 0.390. The lowest BCUT2D eigenvalue weighted by atomic mass is 10.3. The Hall–Kier alpha value is -1.03. The lowest BCUT2D eigenvalue weighted by Crippen LogP contribution is -2.30. The molecule has 1 aromatic heterocycles. The Morgan fingerprint density at radius 2 is 2.00 bits per heavy atom. The molecule has 0 aromatic carbocycles. The monoisotopic (exact) mass is 224 g/mol. The zero-order valence-corrected chi connectivity index (χ0v) is 11.3. The molecule has 92 valence electrons. The van der Waals surface area contributed by atoms with Crippen LogP contribution in [0.2, 0.25) is 0 Å². The first-order valence-corrected chi connectivity index (χ1v) is 5.87. The van der Waals surface area contributed by atoms with Gasteiger partial charge in [-0.05, 0) is 41.8 Å². The summed E-state index contributed by atoms with van der Waals surface area (Å²) in [6.45, 7) is 9.55. The number of anilines is 1. The van der Waals surface area contributed by atoms with E-state index in [9.17, 15) is 0 Å². The zero-order valence-electron chi connectivity index (χ0n) is 11.3. The van der Waals surface area contributed by atoms with Gasteiger partial charge in [-0.25, -0.2) is 4.98 Å². The highest BCUT2D eigenvalue weighted by molar-refractivity contribution is 5.30. The van der Waals surface area contributed by atoms with Gasteiger partial charge in [0.25, 0.3) is 0 Å². The van der Waals surface area contributed by atoms with Crippen molar-refractivity contribution < 1.29 is 0 Å². The third-order valence-electron chi connectivity index (χ3n) is 2.42. The van der Waals surface area contributed by atoms with E-state index in [2.05, 4.69) is 60.8 Å². The largest absolute Gasteiger partial charge is 0.352 e. The van der Waals surface area contributed by atoms with Crippen LogP contribution in [0.15, 0.2) is 6.20 Å². The fraction of sp³-hybridized carbons (Fsp3) is 0.750. The van der Waals surface area contributed by atoms with Crippen LogP contribution in [0.5, 0.6) is 0 Å². The molecule has 0 spiro atoms. The van der Waals surface area contributed by atoms with Crippen LogP contribution in [0.3, 0.4) is 0 Å². The summed E-state index contributed by atoms with van der Waals surface area (Å²) in [5.74, 6) is 0.974. The van der Waals surface area contributed by atoms with E-state index in [0.717, 1.165) is 18.2 Å². The summed E-state index contributed by atoms with van der Waals surface area (Å²) in [7, 11) is 4.16. The Labute approximate surface area is 98.7 Å². The van der Waals surface area contributed by atoms with Gasteiger partial charge in [-0.1, -0.05) is 0 Å². The normalized spacial score (nSPS) is 13.5. The van der Waals surface area contributed by atoms with Crippen LogP contribution in [-0.4, -0.2) is 41.1 Å². The van der Waals surface area contributed by atoms with Gasteiger partial charge in [0, 0.05) is 24.8 Å². The second kappa shape index (κ2) is 5.34. The molecular weight excluding hydrogens is 200 g/mol. The number of hydrogen-bond donors (Lipinski definition) is 1. The van der Waals surface area contributed by atoms with E-state index in [1.54, 1.807) is 0 Å². The predicted octanol–water partition coefficient (Wildman–Crippen LogP) is 2.13. The Balaban J connectivity index is 2.72. The maximum atomic E-state index is 4.51. The first kappa shape index (κ1) is 13.0. The molecule has 0 saturated carbocycles. The summed E-state index contributed by atoms with van der Waals surface area (Å²) in [6.07, 6.45) is 2.09. The van der Waals surface area contributed by atoms with Crippen LogP contribution in [0.1, 0.15) is 32.5 Å². The minimum atomic E-state index is 0.397. The van der Waals surface area contributed by atoms with Crippen molar-refractivity contribution in [3.05, 3.63) is 11.9 Å². The molecule has 0 amide bonds. The number of nitrogens with zero attached hydrogens (tertiary/aromatic N) is 3. The van der Waals surface area contributed by atoms with Gasteiger partial charge in [0.2, 0.25) is 5.95 Å². The molecule has 1 aromatic rings. The molecule has 1 unspecified atom stereocenters. The first-order chi connectivity index (χ1) is 7.40. The SMILES string of the molecule is Cc1cn(C(C)C)c(NC(C)CN(C)C)n1. The molecule has 1 N–H and O–H groups in total. The zero-order chi connectivity index (χ0) is 12.3. The molecule has 0 saturated heterocycles. The molecule has 16 heavy (non-hydrogen) atoms. The van der Waals surface area contributed by atoms with Crippen molar-refractivity contribution >= 4 is 5.95 Å². The van der Waals surface area contributed by atoms with Gasteiger partial charge < -0.3 is 14.8 Å². The van der Waals surface area contributed by atoms with Gasteiger partial charge in [0.15, 0.2) is 0 Å². The van der Waals surface area contributed by atoms with Gasteiger partial charge in [0.05, 0.1) is 5.69 Å². The summed E-state index contributed by atoms with van der Waals surface area (Å²) in [5, 5.41) is 3.45. The van der Waals surface area contributed by atoms with Crippen molar-refractivity contribution in [3.8, 4) is 0 Å². The number of nitrogens with one attached hydrogen (secondary N) is 1. The quantitative estimate of drug-likeness (QED) is 0.832. The minimum absolute atomic E-state index is 0.397. The highest BCUT2D eigenvalue weighted by Gasteiger charge is 2.11. The number of likely N-dealkylation sites (N-methyl/N-ethyl adjacent to an activating group) is 1. The van der Waals surface area contributed by atoms with E-state index in [4.69, 9.17) is 0 Å². The van der Waals surface area contributed by atoms with Crippen LogP contribution >= 0.6 is 0 Å². The minimum Gasteiger partial charge on any atom is -0.352 e. The average molecular weight is 224 g/mol. The number of rotatable bonds is 5. The molecule has 0 bridgehead atoms. The van der Waals surface area contributed by atoms with Crippen LogP contribution in [-0.2, 0) is 0 Å². The van der Waals surface area contributed by atoms with Crippen molar-refractivity contribution in [2.24, 2.45) is 0 Å². The van der Waals surface area contributed by atoms with Crippen molar-refractivity contribution in [1.29, 1.82) is 0 Å². The Bertz CT molecular complexity index is 328. The highest BCUT2D eigenvalue weighted by Crippen LogP contribution is 2.16. The molecule has 0 aliphatic rings. The smallest absolute Gasteiger partial charge is 0.203 e. The van der Waals surface area contributed by atoms with Gasteiger partial charge in [0.1, 0.15) is 0 Å². The van der Waals surface area contributed by atoms with Crippen LogP contribution in [0.25, 0.3) is 0 Å². The van der Waals surface area contributed by atoms with Crippen LogP contribution in [0, 0.1) is 6.92 Å². The highest BCUT2D eigenvalue weighted by atomic mass is 15.2. The van der Waals surface area contributed by atoms with Crippen LogP contribution in [0.4, 0.5) is 5.95 Å². The van der Waals surface area contributed by atoms with Gasteiger partial charge in [-0.2, -0.15) is 0 Å². The molecular formula is C12H24N4. The van der Waals surface area contributed by atoms with Gasteiger partial charge >= 0.3 is 0 Å². The molecule has 0 radical (unpaired) electrons. The first-order valence-electron chi connectivity index (χ1n) is 5.87. The number of aryl methyl sites for hydroxylation is 1. The summed E-state index contributed by atoms with van der Waals surface area (Å²) in [6, 6.07) is 0.838. The van der Waals surface area contributed by atoms with E-state index >= 15 is 0 Å². The maximum absolute atomic E-state index is 4.51. The van der Waals surface area contributed by atoms with Crippen molar-refractivity contribution in [3.63, 3.8) is 0 Å². The summed E-state index contributed by atoms with van der Waals surface area (Å²) in [4.78, 5) is 6.69. The van der Waals surface area contributed by atoms with Crippen molar-refractivity contribution in [1.82, 2.24) is 14.5 Å². The lowest BCUT2D eigenvalue weighted by Gasteiger charge is -2.20. The third kappa shape index (κ3) is 3.52. The molecule has 0 aliphatic heterocycles. The molecule has 1 heterocycles. The fourth-order valence-corrected chi connectivity index (χ4v) is 1.83. The predicted molar refractivity (Wildman–Crippen MR) is 69.0 cm³/mol. The Morgan fingerprint density at radius 3 is 2.50 bits per heavy atom. The second-order valence-electron chi connectivity index (χ2n) is 5.01. The number of aromatic nitrogens is 2. The topological polar surface area (TPSA) is 33.1 Å². The molecule has 1 rings (SSSR count). The molecule has 4 nitrogen and oxygen atoms in total. The Morgan fingerprint density at radius 1 is 1.38 bits per heavy atom. The summed E-state index contributed by atoms with van der Waals surface area (Å²) < 4.78 is 2.18. The molecule has 4 heteroatoms. The second-order valence-corrected chi connectivity index (χ2v) is 5.01. The van der Waals surface area contributed by atoms with E-state index < -0.39 is 0 Å². The standard InChI is InChI=1S/C12H24N4/c1-9(2)16-8-11(4)14-12(16)13-10(3)7-15(5)6/h8-10H,7H2,1-6H3,(H,13,14). The van der Waals surface area contributed by atoms with E-state index in [0.29, 0.717) is 12.1 Å².